The van der Waals surface area contributed by atoms with E-state index < -0.39 is 0 Å². The zero-order valence-corrected chi connectivity index (χ0v) is 15.2. The molecule has 6 nitrogen and oxygen atoms in total. The first-order valence-electron chi connectivity index (χ1n) is 8.50. The fraction of sp³-hybridized carbons (Fsp3) is 0.211. The van der Waals surface area contributed by atoms with Crippen molar-refractivity contribution in [1.29, 1.82) is 0 Å². The lowest BCUT2D eigenvalue weighted by atomic mass is 10.2. The van der Waals surface area contributed by atoms with E-state index in [1.54, 1.807) is 17.4 Å². The summed E-state index contributed by atoms with van der Waals surface area (Å²) < 4.78 is 3.17. The molecule has 0 aliphatic heterocycles. The van der Waals surface area contributed by atoms with E-state index in [0.29, 0.717) is 12.2 Å². The Bertz CT molecular complexity index is 1010. The van der Waals surface area contributed by atoms with Gasteiger partial charge in [0, 0.05) is 26.2 Å². The van der Waals surface area contributed by atoms with E-state index in [2.05, 4.69) is 26.6 Å². The second kappa shape index (κ2) is 7.13. The van der Waals surface area contributed by atoms with Crippen LogP contribution in [0.4, 0.5) is 0 Å². The number of nitrogens with zero attached hydrogens (tertiary/aromatic N) is 3. The number of benzene rings is 1. The maximum Gasteiger partial charge on any atom is 0.269 e. The molecule has 0 fully saturated rings. The number of para-hydroxylation sites is 1. The van der Waals surface area contributed by atoms with Gasteiger partial charge in [0.25, 0.3) is 5.91 Å². The zero-order valence-electron chi connectivity index (χ0n) is 14.4. The maximum atomic E-state index is 12.3. The smallest absolute Gasteiger partial charge is 0.269 e. The van der Waals surface area contributed by atoms with E-state index in [1.807, 2.05) is 48.1 Å². The van der Waals surface area contributed by atoms with Gasteiger partial charge in [-0.05, 0) is 36.8 Å². The molecule has 4 aromatic rings. The number of rotatable bonds is 6. The molecule has 3 heterocycles. The molecule has 0 aliphatic carbocycles. The van der Waals surface area contributed by atoms with Gasteiger partial charge in [0.05, 0.1) is 20.9 Å². The molecule has 0 radical (unpaired) electrons. The second-order valence-corrected chi connectivity index (χ2v) is 7.22. The fourth-order valence-corrected chi connectivity index (χ4v) is 3.87. The van der Waals surface area contributed by atoms with Crippen molar-refractivity contribution in [2.75, 3.05) is 6.54 Å². The van der Waals surface area contributed by atoms with Crippen molar-refractivity contribution in [3.05, 3.63) is 59.4 Å². The molecule has 1 amide bonds. The number of aryl methyl sites for hydroxylation is 2. The summed E-state index contributed by atoms with van der Waals surface area (Å²) in [6, 6.07) is 13.8. The highest BCUT2D eigenvalue weighted by molar-refractivity contribution is 7.18. The van der Waals surface area contributed by atoms with Gasteiger partial charge in [-0.2, -0.15) is 5.10 Å². The van der Waals surface area contributed by atoms with Crippen molar-refractivity contribution in [3.8, 4) is 11.4 Å². The highest BCUT2D eigenvalue weighted by Gasteiger charge is 2.12. The molecule has 0 bridgehead atoms. The van der Waals surface area contributed by atoms with Crippen LogP contribution in [-0.4, -0.2) is 32.2 Å². The van der Waals surface area contributed by atoms with E-state index >= 15 is 0 Å². The van der Waals surface area contributed by atoms with Crippen LogP contribution >= 0.6 is 11.3 Å². The molecule has 2 N–H and O–H groups in total. The molecular formula is C19H19N5OS. The number of nitrogens with one attached hydrogen (secondary N) is 2. The van der Waals surface area contributed by atoms with Gasteiger partial charge in [-0.25, -0.2) is 4.98 Å². The van der Waals surface area contributed by atoms with Crippen molar-refractivity contribution in [1.82, 2.24) is 25.1 Å². The van der Waals surface area contributed by atoms with Crippen molar-refractivity contribution < 1.29 is 4.79 Å². The molecule has 4 rings (SSSR count). The predicted octanol–water partition coefficient (Wildman–Crippen LogP) is 3.39. The summed E-state index contributed by atoms with van der Waals surface area (Å²) in [5.41, 5.74) is 3.25. The largest absolute Gasteiger partial charge is 0.351 e. The lowest BCUT2D eigenvalue weighted by Gasteiger charge is -2.02. The van der Waals surface area contributed by atoms with Crippen molar-refractivity contribution >= 4 is 27.5 Å². The molecule has 0 saturated carbocycles. The Kier molecular flexibility index (Phi) is 4.53. The zero-order chi connectivity index (χ0) is 17.9. The number of fused-ring (bicyclic) bond motifs is 1. The van der Waals surface area contributed by atoms with E-state index in [1.165, 1.54) is 4.70 Å². The minimum Gasteiger partial charge on any atom is -0.351 e. The summed E-state index contributed by atoms with van der Waals surface area (Å²) in [7, 11) is 1.95. The summed E-state index contributed by atoms with van der Waals surface area (Å²) >= 11 is 1.71. The number of amides is 1. The first-order chi connectivity index (χ1) is 12.7. The Hall–Kier alpha value is -2.93. The first-order valence-corrected chi connectivity index (χ1v) is 9.32. The quantitative estimate of drug-likeness (QED) is 0.514. The third kappa shape index (κ3) is 3.39. The number of aromatic nitrogens is 4. The number of carbonyl (C=O) groups is 1. The van der Waals surface area contributed by atoms with Crippen molar-refractivity contribution in [2.45, 2.75) is 12.8 Å². The molecule has 0 spiro atoms. The second-order valence-electron chi connectivity index (χ2n) is 6.11. The molecule has 0 aliphatic rings. The van der Waals surface area contributed by atoms with E-state index in [-0.39, 0.29) is 5.91 Å². The van der Waals surface area contributed by atoms with Crippen LogP contribution in [0.5, 0.6) is 0 Å². The van der Waals surface area contributed by atoms with Gasteiger partial charge in [-0.1, -0.05) is 12.1 Å². The minimum absolute atomic E-state index is 0.137. The average Bonchev–Trinajstić information content (AvgIpc) is 3.36. The Morgan fingerprint density at radius 1 is 1.27 bits per heavy atom. The highest BCUT2D eigenvalue weighted by Crippen LogP contribution is 2.22. The Morgan fingerprint density at radius 2 is 2.15 bits per heavy atom. The molecule has 26 heavy (non-hydrogen) atoms. The molecule has 0 atom stereocenters. The summed E-state index contributed by atoms with van der Waals surface area (Å²) in [6.45, 7) is 0.604. The Morgan fingerprint density at radius 3 is 2.96 bits per heavy atom. The van der Waals surface area contributed by atoms with Gasteiger partial charge in [0.1, 0.15) is 11.4 Å². The molecule has 132 valence electrons. The predicted molar refractivity (Wildman–Crippen MR) is 103 cm³/mol. The number of thiazole rings is 1. The molecule has 0 saturated heterocycles. The number of carbonyl (C=O) groups excluding carboxylic acids is 1. The first kappa shape index (κ1) is 16.5. The van der Waals surface area contributed by atoms with Gasteiger partial charge in [0.2, 0.25) is 0 Å². The number of H-pyrrole nitrogens is 1. The third-order valence-electron chi connectivity index (χ3n) is 4.22. The van der Waals surface area contributed by atoms with Gasteiger partial charge in [0.15, 0.2) is 0 Å². The number of hydrogen-bond acceptors (Lipinski definition) is 4. The minimum atomic E-state index is -0.137. The van der Waals surface area contributed by atoms with Gasteiger partial charge < -0.3 is 9.88 Å². The number of aromatic amines is 1. The molecular weight excluding hydrogens is 346 g/mol. The Balaban J connectivity index is 1.30. The van der Waals surface area contributed by atoms with Gasteiger partial charge in [-0.15, -0.1) is 11.3 Å². The standard InChI is InChI=1S/C19H19N5OS/c1-24-11-5-7-16(24)14-12-15(23-22-14)19(25)20-10-4-9-18-21-13-6-2-3-8-17(13)26-18/h2-3,5-8,11-12H,4,9-10H2,1H3,(H,20,25)(H,22,23). The Labute approximate surface area is 154 Å². The maximum absolute atomic E-state index is 12.3. The SMILES string of the molecule is Cn1cccc1-c1cc(C(=O)NCCCc2nc3ccccc3s2)[nH]n1. The highest BCUT2D eigenvalue weighted by atomic mass is 32.1. The summed E-state index contributed by atoms with van der Waals surface area (Å²) in [6.07, 6.45) is 3.66. The van der Waals surface area contributed by atoms with Gasteiger partial charge in [-0.3, -0.25) is 9.89 Å². The lowest BCUT2D eigenvalue weighted by molar-refractivity contribution is 0.0948. The van der Waals surface area contributed by atoms with Crippen LogP contribution in [0.1, 0.15) is 21.9 Å². The third-order valence-corrected chi connectivity index (χ3v) is 5.32. The normalized spacial score (nSPS) is 11.1. The average molecular weight is 365 g/mol. The summed E-state index contributed by atoms with van der Waals surface area (Å²) in [4.78, 5) is 16.9. The molecule has 0 unspecified atom stereocenters. The topological polar surface area (TPSA) is 75.6 Å². The van der Waals surface area contributed by atoms with Crippen LogP contribution in [0.3, 0.4) is 0 Å². The number of hydrogen-bond donors (Lipinski definition) is 2. The van der Waals surface area contributed by atoms with E-state index in [0.717, 1.165) is 34.8 Å². The van der Waals surface area contributed by atoms with E-state index in [9.17, 15) is 4.79 Å². The summed E-state index contributed by atoms with van der Waals surface area (Å²) in [5, 5.41) is 11.1. The van der Waals surface area contributed by atoms with Crippen LogP contribution in [0, 0.1) is 0 Å². The molecule has 3 aromatic heterocycles. The van der Waals surface area contributed by atoms with Crippen LogP contribution in [-0.2, 0) is 13.5 Å². The van der Waals surface area contributed by atoms with Crippen LogP contribution in [0.15, 0.2) is 48.7 Å². The summed E-state index contributed by atoms with van der Waals surface area (Å²) in [5.74, 6) is -0.137. The van der Waals surface area contributed by atoms with Crippen molar-refractivity contribution in [3.63, 3.8) is 0 Å². The van der Waals surface area contributed by atoms with Crippen LogP contribution < -0.4 is 5.32 Å². The fourth-order valence-electron chi connectivity index (χ4n) is 2.86. The monoisotopic (exact) mass is 365 g/mol. The van der Waals surface area contributed by atoms with E-state index in [4.69, 9.17) is 0 Å². The van der Waals surface area contributed by atoms with Crippen LogP contribution in [0.25, 0.3) is 21.6 Å². The lowest BCUT2D eigenvalue weighted by Crippen LogP contribution is -2.25. The van der Waals surface area contributed by atoms with Crippen molar-refractivity contribution in [2.24, 2.45) is 7.05 Å². The molecule has 7 heteroatoms. The van der Waals surface area contributed by atoms with Gasteiger partial charge >= 0.3 is 0 Å². The molecule has 1 aromatic carbocycles. The van der Waals surface area contributed by atoms with Crippen LogP contribution in [0.2, 0.25) is 0 Å².